The van der Waals surface area contributed by atoms with Crippen LogP contribution >= 0.6 is 0 Å². The van der Waals surface area contributed by atoms with Gasteiger partial charge in [-0.15, -0.1) is 0 Å². The maximum absolute atomic E-state index is 13.1. The summed E-state index contributed by atoms with van der Waals surface area (Å²) in [5.74, 6) is -0.219. The Balaban J connectivity index is 1.59. The molecule has 0 unspecified atom stereocenters. The summed E-state index contributed by atoms with van der Waals surface area (Å²) in [6.07, 6.45) is 0.969. The zero-order chi connectivity index (χ0) is 15.6. The second-order valence-corrected chi connectivity index (χ2v) is 5.98. The van der Waals surface area contributed by atoms with Crippen molar-refractivity contribution in [1.29, 1.82) is 0 Å². The Kier molecular flexibility index (Phi) is 3.67. The summed E-state index contributed by atoms with van der Waals surface area (Å²) in [6.45, 7) is 2.83. The van der Waals surface area contributed by atoms with Crippen molar-refractivity contribution in [3.8, 4) is 11.3 Å². The van der Waals surface area contributed by atoms with Crippen molar-refractivity contribution in [2.75, 3.05) is 6.54 Å². The molecule has 3 nitrogen and oxygen atoms in total. The van der Waals surface area contributed by atoms with Crippen LogP contribution in [-0.4, -0.2) is 21.6 Å². The molecule has 23 heavy (non-hydrogen) atoms. The number of aromatic amines is 1. The second-order valence-electron chi connectivity index (χ2n) is 5.98. The van der Waals surface area contributed by atoms with Crippen LogP contribution in [-0.2, 0) is 19.5 Å². The van der Waals surface area contributed by atoms with Crippen molar-refractivity contribution in [3.63, 3.8) is 0 Å². The van der Waals surface area contributed by atoms with E-state index in [1.54, 1.807) is 12.1 Å². The summed E-state index contributed by atoms with van der Waals surface area (Å²) in [5.41, 5.74) is 5.67. The molecular formula is C19H18FN3. The molecule has 4 rings (SSSR count). The van der Waals surface area contributed by atoms with Gasteiger partial charge in [-0.1, -0.05) is 30.3 Å². The monoisotopic (exact) mass is 307 g/mol. The largest absolute Gasteiger partial charge is 0.294 e. The molecule has 0 aliphatic carbocycles. The van der Waals surface area contributed by atoms with Gasteiger partial charge in [0.25, 0.3) is 0 Å². The van der Waals surface area contributed by atoms with E-state index in [0.717, 1.165) is 37.3 Å². The summed E-state index contributed by atoms with van der Waals surface area (Å²) in [6, 6.07) is 17.1. The van der Waals surface area contributed by atoms with E-state index in [2.05, 4.69) is 39.4 Å². The fourth-order valence-corrected chi connectivity index (χ4v) is 3.17. The van der Waals surface area contributed by atoms with Crippen LogP contribution in [0.4, 0.5) is 4.39 Å². The van der Waals surface area contributed by atoms with Crippen LogP contribution in [0.2, 0.25) is 0 Å². The molecule has 1 aliphatic rings. The third kappa shape index (κ3) is 2.90. The standard InChI is InChI=1S/C19H18FN3/c20-16-8-6-15(7-9-16)19-17-13-23(11-10-18(17)21-22-19)12-14-4-2-1-3-5-14/h1-9H,10-13H2,(H,21,22). The Hall–Kier alpha value is -2.46. The van der Waals surface area contributed by atoms with Crippen LogP contribution in [0.25, 0.3) is 11.3 Å². The molecule has 0 bridgehead atoms. The van der Waals surface area contributed by atoms with Crippen molar-refractivity contribution in [2.45, 2.75) is 19.5 Å². The van der Waals surface area contributed by atoms with Gasteiger partial charge in [0.1, 0.15) is 5.82 Å². The van der Waals surface area contributed by atoms with Gasteiger partial charge in [-0.3, -0.25) is 10.00 Å². The third-order valence-electron chi connectivity index (χ3n) is 4.38. The third-order valence-corrected chi connectivity index (χ3v) is 4.38. The van der Waals surface area contributed by atoms with E-state index in [-0.39, 0.29) is 5.82 Å². The normalized spacial score (nSPS) is 14.7. The average molecular weight is 307 g/mol. The van der Waals surface area contributed by atoms with Crippen molar-refractivity contribution < 1.29 is 4.39 Å². The topological polar surface area (TPSA) is 31.9 Å². The van der Waals surface area contributed by atoms with Crippen LogP contribution < -0.4 is 0 Å². The van der Waals surface area contributed by atoms with Gasteiger partial charge in [-0.05, 0) is 29.8 Å². The Morgan fingerprint density at radius 2 is 1.83 bits per heavy atom. The number of rotatable bonds is 3. The second kappa shape index (κ2) is 5.97. The number of fused-ring (bicyclic) bond motifs is 1. The molecular weight excluding hydrogens is 289 g/mol. The summed E-state index contributed by atoms with van der Waals surface area (Å²) in [5, 5.41) is 7.62. The van der Waals surface area contributed by atoms with Gasteiger partial charge < -0.3 is 0 Å². The first-order chi connectivity index (χ1) is 11.3. The summed E-state index contributed by atoms with van der Waals surface area (Å²) in [4.78, 5) is 2.43. The van der Waals surface area contributed by atoms with Crippen LogP contribution in [0.5, 0.6) is 0 Å². The lowest BCUT2D eigenvalue weighted by Crippen LogP contribution is -2.29. The smallest absolute Gasteiger partial charge is 0.123 e. The molecule has 2 heterocycles. The lowest BCUT2D eigenvalue weighted by molar-refractivity contribution is 0.245. The first kappa shape index (κ1) is 14.2. The summed E-state index contributed by atoms with van der Waals surface area (Å²) in [7, 11) is 0. The maximum atomic E-state index is 13.1. The Morgan fingerprint density at radius 1 is 1.04 bits per heavy atom. The maximum Gasteiger partial charge on any atom is 0.123 e. The molecule has 1 aromatic heterocycles. The highest BCUT2D eigenvalue weighted by Gasteiger charge is 2.22. The van der Waals surface area contributed by atoms with Crippen LogP contribution in [0.3, 0.4) is 0 Å². The SMILES string of the molecule is Fc1ccc(-c2n[nH]c3c2CN(Cc2ccccc2)CC3)cc1. The predicted octanol–water partition coefficient (Wildman–Crippen LogP) is 3.77. The minimum Gasteiger partial charge on any atom is -0.294 e. The number of hydrogen-bond acceptors (Lipinski definition) is 2. The molecule has 116 valence electrons. The summed E-state index contributed by atoms with van der Waals surface area (Å²) >= 11 is 0. The number of nitrogens with one attached hydrogen (secondary N) is 1. The Bertz CT molecular complexity index is 793. The molecule has 4 heteroatoms. The van der Waals surface area contributed by atoms with Crippen LogP contribution in [0, 0.1) is 5.82 Å². The van der Waals surface area contributed by atoms with E-state index in [4.69, 9.17) is 0 Å². The van der Waals surface area contributed by atoms with Gasteiger partial charge in [0.2, 0.25) is 0 Å². The van der Waals surface area contributed by atoms with E-state index >= 15 is 0 Å². The highest BCUT2D eigenvalue weighted by atomic mass is 19.1. The molecule has 0 saturated carbocycles. The molecule has 1 aliphatic heterocycles. The summed E-state index contributed by atoms with van der Waals surface area (Å²) < 4.78 is 13.1. The number of aromatic nitrogens is 2. The van der Waals surface area contributed by atoms with E-state index in [1.165, 1.54) is 29.0 Å². The molecule has 3 aromatic rings. The molecule has 2 aromatic carbocycles. The lowest BCUT2D eigenvalue weighted by Gasteiger charge is -2.27. The number of nitrogens with zero attached hydrogens (tertiary/aromatic N) is 2. The minimum atomic E-state index is -0.219. The molecule has 0 radical (unpaired) electrons. The lowest BCUT2D eigenvalue weighted by atomic mass is 10.0. The van der Waals surface area contributed by atoms with Gasteiger partial charge in [-0.2, -0.15) is 5.10 Å². The number of H-pyrrole nitrogens is 1. The van der Waals surface area contributed by atoms with E-state index in [9.17, 15) is 4.39 Å². The van der Waals surface area contributed by atoms with Crippen molar-refractivity contribution in [2.24, 2.45) is 0 Å². The Morgan fingerprint density at radius 3 is 2.61 bits per heavy atom. The zero-order valence-electron chi connectivity index (χ0n) is 12.8. The molecule has 0 saturated heterocycles. The number of benzene rings is 2. The minimum absolute atomic E-state index is 0.219. The highest BCUT2D eigenvalue weighted by Crippen LogP contribution is 2.29. The first-order valence-electron chi connectivity index (χ1n) is 7.88. The molecule has 1 N–H and O–H groups in total. The number of hydrogen-bond donors (Lipinski definition) is 1. The van der Waals surface area contributed by atoms with Gasteiger partial charge in [0, 0.05) is 42.9 Å². The van der Waals surface area contributed by atoms with E-state index in [1.807, 2.05) is 6.07 Å². The van der Waals surface area contributed by atoms with Gasteiger partial charge in [-0.25, -0.2) is 4.39 Å². The van der Waals surface area contributed by atoms with E-state index in [0.29, 0.717) is 0 Å². The molecule has 0 fully saturated rings. The van der Waals surface area contributed by atoms with Crippen LogP contribution in [0.15, 0.2) is 54.6 Å². The van der Waals surface area contributed by atoms with E-state index < -0.39 is 0 Å². The molecule has 0 spiro atoms. The molecule has 0 amide bonds. The van der Waals surface area contributed by atoms with Crippen LogP contribution in [0.1, 0.15) is 16.8 Å². The fourth-order valence-electron chi connectivity index (χ4n) is 3.17. The predicted molar refractivity (Wildman–Crippen MR) is 88.2 cm³/mol. The zero-order valence-corrected chi connectivity index (χ0v) is 12.8. The van der Waals surface area contributed by atoms with Gasteiger partial charge >= 0.3 is 0 Å². The average Bonchev–Trinajstić information content (AvgIpc) is 3.00. The first-order valence-corrected chi connectivity index (χ1v) is 7.88. The number of halogens is 1. The van der Waals surface area contributed by atoms with Crippen molar-refractivity contribution in [3.05, 3.63) is 77.2 Å². The fraction of sp³-hybridized carbons (Fsp3) is 0.211. The van der Waals surface area contributed by atoms with Gasteiger partial charge in [0.05, 0.1) is 5.69 Å². The highest BCUT2D eigenvalue weighted by molar-refractivity contribution is 5.64. The quantitative estimate of drug-likeness (QED) is 0.798. The van der Waals surface area contributed by atoms with Crippen molar-refractivity contribution in [1.82, 2.24) is 15.1 Å². The van der Waals surface area contributed by atoms with Gasteiger partial charge in [0.15, 0.2) is 0 Å². The Labute approximate surface area is 134 Å². The van der Waals surface area contributed by atoms with Crippen molar-refractivity contribution >= 4 is 0 Å². The molecule has 0 atom stereocenters.